The van der Waals surface area contributed by atoms with E-state index in [0.29, 0.717) is 12.5 Å². The van der Waals surface area contributed by atoms with E-state index in [1.807, 2.05) is 11.6 Å². The standard InChI is InChI=1S/C16H23N5OS/c1-3-14-19-15-13(5-4-7-21(15)20-14)18-16(22)17-9-11(2)12-6-8-23-10-12/h6,8,10-11,13H,3-5,7,9H2,1-2H3,(H2,17,18,22)/t11-,13+/m1/s1. The topological polar surface area (TPSA) is 71.8 Å². The molecule has 0 radical (unpaired) electrons. The summed E-state index contributed by atoms with van der Waals surface area (Å²) in [5.41, 5.74) is 1.26. The molecule has 6 nitrogen and oxygen atoms in total. The van der Waals surface area contributed by atoms with Crippen LogP contribution >= 0.6 is 11.3 Å². The van der Waals surface area contributed by atoms with Gasteiger partial charge >= 0.3 is 6.03 Å². The second kappa shape index (κ2) is 7.12. The third-order valence-corrected chi connectivity index (χ3v) is 4.92. The van der Waals surface area contributed by atoms with Gasteiger partial charge in [-0.1, -0.05) is 13.8 Å². The van der Waals surface area contributed by atoms with Gasteiger partial charge in [-0.05, 0) is 41.1 Å². The molecular formula is C16H23N5OS. The van der Waals surface area contributed by atoms with Gasteiger partial charge in [-0.2, -0.15) is 16.4 Å². The number of aryl methyl sites for hydroxylation is 2. The molecule has 0 bridgehead atoms. The first-order valence-corrected chi connectivity index (χ1v) is 9.11. The monoisotopic (exact) mass is 333 g/mol. The van der Waals surface area contributed by atoms with Crippen molar-refractivity contribution in [3.05, 3.63) is 34.0 Å². The fourth-order valence-electron chi connectivity index (χ4n) is 2.81. The van der Waals surface area contributed by atoms with Crippen LogP contribution in [0.5, 0.6) is 0 Å². The molecule has 124 valence electrons. The van der Waals surface area contributed by atoms with E-state index in [1.54, 1.807) is 11.3 Å². The minimum absolute atomic E-state index is 0.0481. The van der Waals surface area contributed by atoms with Crippen LogP contribution in [0.2, 0.25) is 0 Å². The zero-order valence-corrected chi connectivity index (χ0v) is 14.4. The maximum atomic E-state index is 12.2. The first kappa shape index (κ1) is 16.0. The van der Waals surface area contributed by atoms with Crippen LogP contribution in [0.15, 0.2) is 16.8 Å². The molecule has 0 aromatic carbocycles. The van der Waals surface area contributed by atoms with Crippen LogP contribution in [0.4, 0.5) is 4.79 Å². The molecule has 23 heavy (non-hydrogen) atoms. The smallest absolute Gasteiger partial charge is 0.315 e. The average molecular weight is 333 g/mol. The van der Waals surface area contributed by atoms with Gasteiger partial charge in [-0.3, -0.25) is 0 Å². The number of carbonyl (C=O) groups excluding carboxylic acids is 1. The Labute approximate surface area is 140 Å². The normalized spacial score (nSPS) is 18.3. The number of fused-ring (bicyclic) bond motifs is 1. The highest BCUT2D eigenvalue weighted by Crippen LogP contribution is 2.23. The number of thiophene rings is 1. The highest BCUT2D eigenvalue weighted by atomic mass is 32.1. The van der Waals surface area contributed by atoms with Gasteiger partial charge in [0.25, 0.3) is 0 Å². The van der Waals surface area contributed by atoms with Crippen LogP contribution in [-0.2, 0) is 13.0 Å². The fraction of sp³-hybridized carbons (Fsp3) is 0.562. The van der Waals surface area contributed by atoms with Crippen molar-refractivity contribution in [2.45, 2.75) is 51.6 Å². The summed E-state index contributed by atoms with van der Waals surface area (Å²) >= 11 is 1.68. The summed E-state index contributed by atoms with van der Waals surface area (Å²) in [5.74, 6) is 2.04. The van der Waals surface area contributed by atoms with Gasteiger partial charge in [0.05, 0.1) is 6.04 Å². The molecule has 0 spiro atoms. The number of urea groups is 1. The minimum atomic E-state index is -0.133. The van der Waals surface area contributed by atoms with Crippen molar-refractivity contribution < 1.29 is 4.79 Å². The third kappa shape index (κ3) is 3.72. The van der Waals surface area contributed by atoms with E-state index in [1.165, 1.54) is 5.56 Å². The minimum Gasteiger partial charge on any atom is -0.338 e. The largest absolute Gasteiger partial charge is 0.338 e. The molecule has 1 aliphatic rings. The molecule has 0 fully saturated rings. The van der Waals surface area contributed by atoms with Crippen molar-refractivity contribution in [3.8, 4) is 0 Å². The molecule has 0 aliphatic carbocycles. The van der Waals surface area contributed by atoms with Crippen molar-refractivity contribution in [2.24, 2.45) is 0 Å². The molecule has 3 heterocycles. The van der Waals surface area contributed by atoms with Crippen molar-refractivity contribution in [3.63, 3.8) is 0 Å². The molecule has 0 saturated heterocycles. The molecule has 2 aromatic rings. The van der Waals surface area contributed by atoms with Gasteiger partial charge in [0, 0.05) is 19.5 Å². The molecule has 2 atom stereocenters. The summed E-state index contributed by atoms with van der Waals surface area (Å²) in [6.07, 6.45) is 2.74. The van der Waals surface area contributed by atoms with E-state index < -0.39 is 0 Å². The third-order valence-electron chi connectivity index (χ3n) is 4.22. The van der Waals surface area contributed by atoms with Crippen LogP contribution < -0.4 is 10.6 Å². The van der Waals surface area contributed by atoms with Gasteiger partial charge in [-0.25, -0.2) is 14.5 Å². The van der Waals surface area contributed by atoms with Crippen molar-refractivity contribution in [1.82, 2.24) is 25.4 Å². The van der Waals surface area contributed by atoms with Gasteiger partial charge in [-0.15, -0.1) is 0 Å². The van der Waals surface area contributed by atoms with Gasteiger partial charge in [0.15, 0.2) is 5.82 Å². The van der Waals surface area contributed by atoms with E-state index in [2.05, 4.69) is 44.5 Å². The lowest BCUT2D eigenvalue weighted by Crippen LogP contribution is -2.41. The predicted molar refractivity (Wildman–Crippen MR) is 90.6 cm³/mol. The first-order chi connectivity index (χ1) is 11.2. The molecular weight excluding hydrogens is 310 g/mol. The zero-order valence-electron chi connectivity index (χ0n) is 13.6. The van der Waals surface area contributed by atoms with E-state index in [0.717, 1.165) is 37.5 Å². The Kier molecular flexibility index (Phi) is 4.95. The van der Waals surface area contributed by atoms with Crippen LogP contribution in [0.3, 0.4) is 0 Å². The van der Waals surface area contributed by atoms with Crippen molar-refractivity contribution in [1.29, 1.82) is 0 Å². The van der Waals surface area contributed by atoms with Gasteiger partial charge < -0.3 is 10.6 Å². The van der Waals surface area contributed by atoms with Gasteiger partial charge in [0.2, 0.25) is 0 Å². The molecule has 0 unspecified atom stereocenters. The van der Waals surface area contributed by atoms with Crippen molar-refractivity contribution >= 4 is 17.4 Å². The summed E-state index contributed by atoms with van der Waals surface area (Å²) in [5, 5.41) is 14.7. The highest BCUT2D eigenvalue weighted by Gasteiger charge is 2.25. The molecule has 3 rings (SSSR count). The number of carbonyl (C=O) groups is 1. The van der Waals surface area contributed by atoms with Crippen LogP contribution in [-0.4, -0.2) is 27.3 Å². The van der Waals surface area contributed by atoms with Crippen LogP contribution in [0.1, 0.15) is 55.9 Å². The molecule has 1 aliphatic heterocycles. The number of nitrogens with one attached hydrogen (secondary N) is 2. The second-order valence-corrected chi connectivity index (χ2v) is 6.75. The number of aromatic nitrogens is 3. The zero-order chi connectivity index (χ0) is 16.2. The number of hydrogen-bond donors (Lipinski definition) is 2. The lowest BCUT2D eigenvalue weighted by atomic mass is 10.1. The Morgan fingerprint density at radius 2 is 2.43 bits per heavy atom. The number of nitrogens with zero attached hydrogens (tertiary/aromatic N) is 3. The Bertz CT molecular complexity index is 651. The van der Waals surface area contributed by atoms with E-state index in [-0.39, 0.29) is 12.1 Å². The first-order valence-electron chi connectivity index (χ1n) is 8.17. The Hall–Kier alpha value is -1.89. The predicted octanol–water partition coefficient (Wildman–Crippen LogP) is 2.84. The fourth-order valence-corrected chi connectivity index (χ4v) is 3.60. The average Bonchev–Trinajstić information content (AvgIpc) is 3.22. The summed E-state index contributed by atoms with van der Waals surface area (Å²) in [6.45, 7) is 5.68. The lowest BCUT2D eigenvalue weighted by molar-refractivity contribution is 0.232. The molecule has 2 amide bonds. The second-order valence-electron chi connectivity index (χ2n) is 5.97. The summed E-state index contributed by atoms with van der Waals surface area (Å²) in [6, 6.07) is 1.92. The Morgan fingerprint density at radius 1 is 1.57 bits per heavy atom. The highest BCUT2D eigenvalue weighted by molar-refractivity contribution is 7.07. The maximum Gasteiger partial charge on any atom is 0.315 e. The summed E-state index contributed by atoms with van der Waals surface area (Å²) in [7, 11) is 0. The summed E-state index contributed by atoms with van der Waals surface area (Å²) in [4.78, 5) is 16.7. The number of rotatable bonds is 5. The van der Waals surface area contributed by atoms with Crippen LogP contribution in [0.25, 0.3) is 0 Å². The quantitative estimate of drug-likeness (QED) is 0.884. The van der Waals surface area contributed by atoms with Crippen molar-refractivity contribution in [2.75, 3.05) is 6.54 Å². The Balaban J connectivity index is 1.55. The molecule has 7 heteroatoms. The Morgan fingerprint density at radius 3 is 3.17 bits per heavy atom. The maximum absolute atomic E-state index is 12.2. The SMILES string of the molecule is CCc1nc2n(n1)CCC[C@@H]2NC(=O)NC[C@@H](C)c1ccsc1. The number of amides is 2. The molecule has 0 saturated carbocycles. The van der Waals surface area contributed by atoms with E-state index in [9.17, 15) is 4.79 Å². The molecule has 2 aromatic heterocycles. The molecule has 2 N–H and O–H groups in total. The van der Waals surface area contributed by atoms with E-state index >= 15 is 0 Å². The summed E-state index contributed by atoms with van der Waals surface area (Å²) < 4.78 is 1.93. The van der Waals surface area contributed by atoms with Crippen LogP contribution in [0, 0.1) is 0 Å². The lowest BCUT2D eigenvalue weighted by Gasteiger charge is -2.23. The number of hydrogen-bond acceptors (Lipinski definition) is 4. The van der Waals surface area contributed by atoms with E-state index in [4.69, 9.17) is 0 Å². The van der Waals surface area contributed by atoms with Gasteiger partial charge in [0.1, 0.15) is 5.82 Å².